The van der Waals surface area contributed by atoms with Crippen LogP contribution in [-0.4, -0.2) is 22.1 Å². The number of anilines is 1. The zero-order valence-electron chi connectivity index (χ0n) is 10.7. The molecule has 0 saturated carbocycles. The first-order valence-corrected chi connectivity index (χ1v) is 6.02. The monoisotopic (exact) mass is 246 g/mol. The fourth-order valence-corrected chi connectivity index (χ4v) is 2.02. The van der Waals surface area contributed by atoms with E-state index in [0.29, 0.717) is 5.95 Å². The molecule has 0 unspecified atom stereocenters. The van der Waals surface area contributed by atoms with Gasteiger partial charge in [-0.05, 0) is 31.9 Å². The number of amides is 1. The number of fused-ring (bicyclic) bond motifs is 1. The Kier molecular flexibility index (Phi) is 3.23. The summed E-state index contributed by atoms with van der Waals surface area (Å²) in [5.41, 5.74) is 2.76. The largest absolute Gasteiger partial charge is 0.530 e. The van der Waals surface area contributed by atoms with Gasteiger partial charge in [-0.2, -0.15) is 0 Å². The molecule has 96 valence electrons. The summed E-state index contributed by atoms with van der Waals surface area (Å²) in [6.45, 7) is 5.61. The molecule has 2 rings (SSSR count). The average molecular weight is 246 g/mol. The summed E-state index contributed by atoms with van der Waals surface area (Å²) in [5.74, 6) is 0.320. The zero-order valence-corrected chi connectivity index (χ0v) is 10.7. The molecule has 0 fully saturated rings. The van der Waals surface area contributed by atoms with Crippen LogP contribution in [-0.2, 0) is 6.42 Å². The second-order valence-electron chi connectivity index (χ2n) is 4.46. The number of hydrogen-bond donors (Lipinski definition) is 1. The molecule has 5 heteroatoms. The Morgan fingerprint density at radius 1 is 1.50 bits per heavy atom. The van der Waals surface area contributed by atoms with Gasteiger partial charge < -0.3 is 14.9 Å². The third-order valence-corrected chi connectivity index (χ3v) is 2.91. The van der Waals surface area contributed by atoms with Crippen LogP contribution < -0.4 is 10.0 Å². The molecule has 1 aromatic heterocycles. The highest BCUT2D eigenvalue weighted by Crippen LogP contribution is 2.22. The molecule has 18 heavy (non-hydrogen) atoms. The number of carboxylic acid groups (broad SMARTS) is 1. The van der Waals surface area contributed by atoms with Gasteiger partial charge in [0.1, 0.15) is 6.09 Å². The summed E-state index contributed by atoms with van der Waals surface area (Å²) in [6, 6.07) is 5.59. The number of aromatic amines is 1. The number of imidazole rings is 1. The van der Waals surface area contributed by atoms with E-state index in [9.17, 15) is 9.90 Å². The second-order valence-corrected chi connectivity index (χ2v) is 4.46. The first kappa shape index (κ1) is 12.4. The van der Waals surface area contributed by atoms with Gasteiger partial charge in [0, 0.05) is 6.04 Å². The van der Waals surface area contributed by atoms with Crippen LogP contribution in [0.2, 0.25) is 0 Å². The fraction of sp³-hybridized carbons (Fsp3) is 0.385. The van der Waals surface area contributed by atoms with Crippen molar-refractivity contribution in [2.24, 2.45) is 0 Å². The molecule has 2 aromatic rings. The number of aryl methyl sites for hydroxylation is 1. The lowest BCUT2D eigenvalue weighted by Gasteiger charge is -2.26. The van der Waals surface area contributed by atoms with Crippen molar-refractivity contribution in [2.75, 3.05) is 4.90 Å². The summed E-state index contributed by atoms with van der Waals surface area (Å²) in [4.78, 5) is 19.7. The predicted octanol–water partition coefficient (Wildman–Crippen LogP) is 1.68. The van der Waals surface area contributed by atoms with Gasteiger partial charge in [0.05, 0.1) is 11.0 Å². The van der Waals surface area contributed by atoms with Crippen molar-refractivity contribution in [2.45, 2.75) is 33.2 Å². The molecular weight excluding hydrogens is 230 g/mol. The molecule has 0 aliphatic heterocycles. The molecule has 0 spiro atoms. The average Bonchev–Trinajstić information content (AvgIpc) is 2.70. The van der Waals surface area contributed by atoms with Crippen LogP contribution in [0, 0.1) is 0 Å². The number of H-pyrrole nitrogens is 1. The fourth-order valence-electron chi connectivity index (χ4n) is 2.02. The van der Waals surface area contributed by atoms with Crippen molar-refractivity contribution >= 4 is 23.1 Å². The van der Waals surface area contributed by atoms with E-state index in [4.69, 9.17) is 0 Å². The Balaban J connectivity index is 2.55. The molecule has 0 bridgehead atoms. The van der Waals surface area contributed by atoms with Gasteiger partial charge in [-0.25, -0.2) is 4.98 Å². The number of para-hydroxylation sites is 1. The van der Waals surface area contributed by atoms with E-state index in [2.05, 4.69) is 9.97 Å². The van der Waals surface area contributed by atoms with Crippen LogP contribution >= 0.6 is 0 Å². The van der Waals surface area contributed by atoms with Gasteiger partial charge in [-0.3, -0.25) is 4.90 Å². The number of carbonyl (C=O) groups is 1. The maximum atomic E-state index is 11.1. The van der Waals surface area contributed by atoms with Gasteiger partial charge in [-0.15, -0.1) is 0 Å². The summed E-state index contributed by atoms with van der Waals surface area (Å²) in [5, 5.41) is 11.1. The summed E-state index contributed by atoms with van der Waals surface area (Å²) >= 11 is 0. The van der Waals surface area contributed by atoms with Crippen molar-refractivity contribution in [3.63, 3.8) is 0 Å². The molecule has 0 saturated heterocycles. The van der Waals surface area contributed by atoms with Gasteiger partial charge in [0.15, 0.2) is 0 Å². The molecule has 0 atom stereocenters. The van der Waals surface area contributed by atoms with E-state index < -0.39 is 6.09 Å². The lowest BCUT2D eigenvalue weighted by Crippen LogP contribution is -2.46. The van der Waals surface area contributed by atoms with E-state index >= 15 is 0 Å². The van der Waals surface area contributed by atoms with Crippen LogP contribution in [0.3, 0.4) is 0 Å². The van der Waals surface area contributed by atoms with Crippen molar-refractivity contribution in [3.05, 3.63) is 23.8 Å². The van der Waals surface area contributed by atoms with Crippen LogP contribution in [0.4, 0.5) is 10.7 Å². The van der Waals surface area contributed by atoms with Crippen molar-refractivity contribution in [3.8, 4) is 0 Å². The van der Waals surface area contributed by atoms with E-state index in [0.717, 1.165) is 27.9 Å². The summed E-state index contributed by atoms with van der Waals surface area (Å²) in [7, 11) is 0. The first-order chi connectivity index (χ1) is 8.54. The van der Waals surface area contributed by atoms with Gasteiger partial charge in [0.25, 0.3) is 0 Å². The first-order valence-electron chi connectivity index (χ1n) is 6.02. The SMILES string of the molecule is CCc1cccc2[nH]c(N(C(=O)[O-])C(C)C)nc12. The molecule has 1 N–H and O–H groups in total. The van der Waals surface area contributed by atoms with Crippen LogP contribution in [0.25, 0.3) is 11.0 Å². The molecule has 1 heterocycles. The number of carbonyl (C=O) groups excluding carboxylic acids is 1. The Labute approximate surface area is 105 Å². The minimum absolute atomic E-state index is 0.222. The second kappa shape index (κ2) is 4.68. The number of nitrogens with one attached hydrogen (secondary N) is 1. The lowest BCUT2D eigenvalue weighted by molar-refractivity contribution is -0.247. The quantitative estimate of drug-likeness (QED) is 0.895. The highest BCUT2D eigenvalue weighted by Gasteiger charge is 2.16. The van der Waals surface area contributed by atoms with E-state index in [1.807, 2.05) is 25.1 Å². The van der Waals surface area contributed by atoms with Gasteiger partial charge >= 0.3 is 0 Å². The highest BCUT2D eigenvalue weighted by atomic mass is 16.4. The molecular formula is C13H16N3O2-. The van der Waals surface area contributed by atoms with Crippen molar-refractivity contribution < 1.29 is 9.90 Å². The number of aromatic nitrogens is 2. The highest BCUT2D eigenvalue weighted by molar-refractivity contribution is 5.87. The van der Waals surface area contributed by atoms with Gasteiger partial charge in [-0.1, -0.05) is 19.1 Å². The Bertz CT molecular complexity index is 575. The predicted molar refractivity (Wildman–Crippen MR) is 68.5 cm³/mol. The molecule has 0 radical (unpaired) electrons. The maximum Gasteiger partial charge on any atom is 0.209 e. The van der Waals surface area contributed by atoms with E-state index in [-0.39, 0.29) is 6.04 Å². The number of benzene rings is 1. The van der Waals surface area contributed by atoms with E-state index in [1.165, 1.54) is 0 Å². The Morgan fingerprint density at radius 2 is 2.22 bits per heavy atom. The number of rotatable bonds is 3. The topological polar surface area (TPSA) is 72.0 Å². The minimum atomic E-state index is -1.25. The Morgan fingerprint density at radius 3 is 2.78 bits per heavy atom. The molecule has 0 aliphatic carbocycles. The van der Waals surface area contributed by atoms with Crippen molar-refractivity contribution in [1.82, 2.24) is 9.97 Å². The molecule has 1 amide bonds. The zero-order chi connectivity index (χ0) is 13.3. The Hall–Kier alpha value is -2.04. The standard InChI is InChI=1S/C13H17N3O2/c1-4-9-6-5-7-10-11(9)15-12(14-10)16(8(2)3)13(17)18/h5-8H,4H2,1-3H3,(H,14,15)(H,17,18)/p-1. The summed E-state index contributed by atoms with van der Waals surface area (Å²) < 4.78 is 0. The minimum Gasteiger partial charge on any atom is -0.530 e. The molecule has 5 nitrogen and oxygen atoms in total. The lowest BCUT2D eigenvalue weighted by atomic mass is 10.1. The smallest absolute Gasteiger partial charge is 0.209 e. The van der Waals surface area contributed by atoms with Crippen LogP contribution in [0.15, 0.2) is 18.2 Å². The van der Waals surface area contributed by atoms with Crippen LogP contribution in [0.5, 0.6) is 0 Å². The van der Waals surface area contributed by atoms with Crippen LogP contribution in [0.1, 0.15) is 26.3 Å². The molecule has 0 aliphatic rings. The van der Waals surface area contributed by atoms with Gasteiger partial charge in [0.2, 0.25) is 5.95 Å². The molecule has 1 aromatic carbocycles. The normalized spacial score (nSPS) is 11.1. The van der Waals surface area contributed by atoms with Crippen molar-refractivity contribution in [1.29, 1.82) is 0 Å². The third kappa shape index (κ3) is 2.03. The van der Waals surface area contributed by atoms with E-state index in [1.54, 1.807) is 13.8 Å². The summed E-state index contributed by atoms with van der Waals surface area (Å²) in [6.07, 6.45) is -0.392. The number of nitrogens with zero attached hydrogens (tertiary/aromatic N) is 2. The maximum absolute atomic E-state index is 11.1. The number of hydrogen-bond acceptors (Lipinski definition) is 3. The third-order valence-electron chi connectivity index (χ3n) is 2.91.